The Hall–Kier alpha value is -2.49. The van der Waals surface area contributed by atoms with Gasteiger partial charge in [0, 0.05) is 4.90 Å². The molecule has 0 atom stereocenters. The van der Waals surface area contributed by atoms with E-state index >= 15 is 0 Å². The van der Waals surface area contributed by atoms with E-state index in [0.717, 1.165) is 0 Å². The van der Waals surface area contributed by atoms with Crippen molar-refractivity contribution in [3.63, 3.8) is 0 Å². The molecule has 1 N–H and O–H groups in total. The van der Waals surface area contributed by atoms with Gasteiger partial charge in [-0.25, -0.2) is 18.6 Å². The third-order valence-electron chi connectivity index (χ3n) is 4.58. The molecule has 1 aromatic carbocycles. The quantitative estimate of drug-likeness (QED) is 0.345. The molecule has 32 heavy (non-hydrogen) atoms. The van der Waals surface area contributed by atoms with Gasteiger partial charge in [0.15, 0.2) is 5.69 Å². The molecule has 0 amide bonds. The van der Waals surface area contributed by atoms with E-state index in [9.17, 15) is 36.6 Å². The molecule has 2 aromatic rings. The first-order valence-electron chi connectivity index (χ1n) is 9.72. The lowest BCUT2D eigenvalue weighted by atomic mass is 9.91. The van der Waals surface area contributed by atoms with Crippen LogP contribution in [0.2, 0.25) is 0 Å². The molecule has 0 unspecified atom stereocenters. The Kier molecular flexibility index (Phi) is 8.03. The molecule has 0 radical (unpaired) electrons. The number of rotatable bonds is 7. The van der Waals surface area contributed by atoms with Crippen molar-refractivity contribution in [1.82, 2.24) is 4.98 Å². The molecular weight excluding hydrogens is 453 g/mol. The van der Waals surface area contributed by atoms with Crippen molar-refractivity contribution in [3.05, 3.63) is 57.9 Å². The van der Waals surface area contributed by atoms with E-state index in [2.05, 4.69) is 4.98 Å². The van der Waals surface area contributed by atoms with Gasteiger partial charge in [-0.1, -0.05) is 45.9 Å². The summed E-state index contributed by atoms with van der Waals surface area (Å²) in [6.07, 6.45) is -9.12. The fourth-order valence-corrected chi connectivity index (χ4v) is 4.38. The van der Waals surface area contributed by atoms with Crippen molar-refractivity contribution in [2.75, 3.05) is 0 Å². The monoisotopic (exact) mass is 475 g/mol. The van der Waals surface area contributed by atoms with E-state index in [1.54, 1.807) is 38.1 Å². The number of alkyl halides is 5. The normalized spacial score (nSPS) is 12.1. The molecule has 0 bridgehead atoms. The minimum absolute atomic E-state index is 0.0439. The molecular formula is C22H22F5NO3S. The molecule has 1 heterocycles. The highest BCUT2D eigenvalue weighted by molar-refractivity contribution is 8.14. The van der Waals surface area contributed by atoms with Crippen molar-refractivity contribution in [1.29, 1.82) is 0 Å². The SMILES string of the molecule is CC(C)Cc1c(C(=O)O)c(C(F)F)nc(C(F)(F)F)c1C(=O)Sc1ccccc1C(C)C. The van der Waals surface area contributed by atoms with E-state index < -0.39 is 57.7 Å². The van der Waals surface area contributed by atoms with Gasteiger partial charge in [-0.05, 0) is 47.2 Å². The first kappa shape index (κ1) is 25.8. The number of aromatic carboxylic acids is 1. The topological polar surface area (TPSA) is 67.3 Å². The van der Waals surface area contributed by atoms with Gasteiger partial charge in [-0.15, -0.1) is 0 Å². The van der Waals surface area contributed by atoms with Crippen LogP contribution in [0.3, 0.4) is 0 Å². The summed E-state index contributed by atoms with van der Waals surface area (Å²) in [4.78, 5) is 28.3. The number of aromatic nitrogens is 1. The van der Waals surface area contributed by atoms with Gasteiger partial charge in [0.25, 0.3) is 6.43 Å². The highest BCUT2D eigenvalue weighted by Crippen LogP contribution is 2.40. The number of thioether (sulfide) groups is 1. The van der Waals surface area contributed by atoms with Gasteiger partial charge in [-0.3, -0.25) is 4.79 Å². The number of halogens is 5. The lowest BCUT2D eigenvalue weighted by molar-refractivity contribution is -0.141. The van der Waals surface area contributed by atoms with E-state index in [1.165, 1.54) is 0 Å². The molecule has 0 spiro atoms. The Morgan fingerprint density at radius 2 is 1.66 bits per heavy atom. The van der Waals surface area contributed by atoms with Crippen LogP contribution in [0.4, 0.5) is 22.0 Å². The van der Waals surface area contributed by atoms with Crippen LogP contribution in [-0.2, 0) is 12.6 Å². The highest BCUT2D eigenvalue weighted by Gasteiger charge is 2.42. The van der Waals surface area contributed by atoms with E-state index in [4.69, 9.17) is 0 Å². The molecule has 0 saturated heterocycles. The standard InChI is InChI=1S/C22H22F5NO3S/c1-10(2)9-13-15(20(29)30)17(19(23)24)28-18(22(25,26)27)16(13)21(31)32-14-8-6-5-7-12(14)11(3)4/h5-8,10-11,19H,9H2,1-4H3,(H,29,30). The number of hydrogen-bond donors (Lipinski definition) is 1. The molecule has 0 aliphatic rings. The average Bonchev–Trinajstić information content (AvgIpc) is 2.65. The largest absolute Gasteiger partial charge is 0.478 e. The number of carbonyl (C=O) groups excluding carboxylic acids is 1. The van der Waals surface area contributed by atoms with Gasteiger partial charge in [0.1, 0.15) is 5.69 Å². The maximum atomic E-state index is 13.8. The second-order valence-electron chi connectivity index (χ2n) is 7.86. The van der Waals surface area contributed by atoms with E-state index in [-0.39, 0.29) is 12.3 Å². The van der Waals surface area contributed by atoms with Crippen LogP contribution in [0, 0.1) is 5.92 Å². The summed E-state index contributed by atoms with van der Waals surface area (Å²) >= 11 is 0.499. The second kappa shape index (κ2) is 9.97. The number of carbonyl (C=O) groups is 2. The molecule has 174 valence electrons. The summed E-state index contributed by atoms with van der Waals surface area (Å²) < 4.78 is 68.5. The Bertz CT molecular complexity index is 1020. The van der Waals surface area contributed by atoms with Gasteiger partial charge in [0.05, 0.1) is 11.1 Å². The van der Waals surface area contributed by atoms with Crippen LogP contribution in [0.25, 0.3) is 0 Å². The lowest BCUT2D eigenvalue weighted by Gasteiger charge is -2.21. The summed E-state index contributed by atoms with van der Waals surface area (Å²) in [5.74, 6) is -2.32. The molecule has 4 nitrogen and oxygen atoms in total. The van der Waals surface area contributed by atoms with Crippen LogP contribution in [0.5, 0.6) is 0 Å². The summed E-state index contributed by atoms with van der Waals surface area (Å²) in [5, 5.41) is 8.44. The molecule has 10 heteroatoms. The van der Waals surface area contributed by atoms with Crippen LogP contribution >= 0.6 is 11.8 Å². The van der Waals surface area contributed by atoms with Crippen LogP contribution < -0.4 is 0 Å². The molecule has 0 aliphatic heterocycles. The number of nitrogens with zero attached hydrogens (tertiary/aromatic N) is 1. The average molecular weight is 475 g/mol. The van der Waals surface area contributed by atoms with E-state index in [1.807, 2.05) is 13.8 Å². The van der Waals surface area contributed by atoms with Crippen LogP contribution in [-0.4, -0.2) is 21.2 Å². The number of benzene rings is 1. The zero-order valence-corrected chi connectivity index (χ0v) is 18.6. The Morgan fingerprint density at radius 1 is 1.06 bits per heavy atom. The Labute approximate surface area is 186 Å². The second-order valence-corrected chi connectivity index (χ2v) is 8.87. The fourth-order valence-electron chi connectivity index (χ4n) is 3.29. The van der Waals surface area contributed by atoms with Gasteiger partial charge >= 0.3 is 12.1 Å². The Morgan fingerprint density at radius 3 is 2.12 bits per heavy atom. The van der Waals surface area contributed by atoms with Crippen molar-refractivity contribution in [2.45, 2.75) is 57.5 Å². The van der Waals surface area contributed by atoms with E-state index in [0.29, 0.717) is 22.2 Å². The maximum Gasteiger partial charge on any atom is 0.434 e. The molecule has 0 aliphatic carbocycles. The first-order valence-corrected chi connectivity index (χ1v) is 10.5. The van der Waals surface area contributed by atoms with Gasteiger partial charge in [-0.2, -0.15) is 13.2 Å². The van der Waals surface area contributed by atoms with Crippen LogP contribution in [0.1, 0.15) is 83.3 Å². The highest BCUT2D eigenvalue weighted by atomic mass is 32.2. The zero-order chi connectivity index (χ0) is 24.4. The van der Waals surface area contributed by atoms with Crippen molar-refractivity contribution >= 4 is 22.8 Å². The summed E-state index contributed by atoms with van der Waals surface area (Å²) in [7, 11) is 0. The number of pyridine rings is 1. The predicted molar refractivity (Wildman–Crippen MR) is 110 cm³/mol. The van der Waals surface area contributed by atoms with Crippen molar-refractivity contribution in [2.24, 2.45) is 5.92 Å². The number of carboxylic acids is 1. The first-order chi connectivity index (χ1) is 14.8. The zero-order valence-electron chi connectivity index (χ0n) is 17.8. The third-order valence-corrected chi connectivity index (χ3v) is 5.56. The summed E-state index contributed by atoms with van der Waals surface area (Å²) in [6.45, 7) is 6.85. The molecule has 0 fully saturated rings. The third kappa shape index (κ3) is 5.65. The minimum Gasteiger partial charge on any atom is -0.478 e. The van der Waals surface area contributed by atoms with Crippen LogP contribution in [0.15, 0.2) is 29.2 Å². The number of carboxylic acid groups (broad SMARTS) is 1. The minimum atomic E-state index is -5.24. The predicted octanol–water partition coefficient (Wildman–Crippen LogP) is 6.99. The molecule has 1 aromatic heterocycles. The summed E-state index contributed by atoms with van der Waals surface area (Å²) in [6, 6.07) is 6.62. The molecule has 2 rings (SSSR count). The van der Waals surface area contributed by atoms with Gasteiger partial charge in [0.2, 0.25) is 5.12 Å². The number of hydrogen-bond acceptors (Lipinski definition) is 4. The van der Waals surface area contributed by atoms with Gasteiger partial charge < -0.3 is 5.11 Å². The summed E-state index contributed by atoms with van der Waals surface area (Å²) in [5.41, 5.74) is -5.21. The Balaban J connectivity index is 2.85. The van der Waals surface area contributed by atoms with Crippen molar-refractivity contribution in [3.8, 4) is 0 Å². The molecule has 0 saturated carbocycles. The fraction of sp³-hybridized carbons (Fsp3) is 0.409. The lowest BCUT2D eigenvalue weighted by Crippen LogP contribution is -2.23. The maximum absolute atomic E-state index is 13.8. The van der Waals surface area contributed by atoms with Crippen molar-refractivity contribution < 1.29 is 36.6 Å². The smallest absolute Gasteiger partial charge is 0.434 e.